The number of amides is 1. The lowest BCUT2D eigenvalue weighted by Crippen LogP contribution is -2.41. The second-order valence-electron chi connectivity index (χ2n) is 5.07. The lowest BCUT2D eigenvalue weighted by Gasteiger charge is -2.31. The first-order valence-corrected chi connectivity index (χ1v) is 7.68. The zero-order valence-corrected chi connectivity index (χ0v) is 12.9. The Hall–Kier alpha value is -1.07. The second-order valence-corrected chi connectivity index (χ2v) is 5.45. The average molecular weight is 300 g/mol. The third-order valence-electron chi connectivity index (χ3n) is 3.63. The molecule has 20 heavy (non-hydrogen) atoms. The van der Waals surface area contributed by atoms with Crippen LogP contribution in [-0.4, -0.2) is 52.3 Å². The van der Waals surface area contributed by atoms with Crippen LogP contribution < -0.4 is 0 Å². The molecule has 112 valence electrons. The maximum Gasteiger partial charge on any atom is 0.257 e. The molecule has 0 atom stereocenters. The fourth-order valence-corrected chi connectivity index (χ4v) is 2.67. The van der Waals surface area contributed by atoms with Gasteiger partial charge in [-0.3, -0.25) is 9.48 Å². The Morgan fingerprint density at radius 3 is 2.80 bits per heavy atom. The molecule has 1 aromatic rings. The number of halogens is 1. The zero-order valence-electron chi connectivity index (χ0n) is 12.1. The predicted octanol–water partition coefficient (Wildman–Crippen LogP) is 1.84. The molecule has 0 unspecified atom stereocenters. The van der Waals surface area contributed by atoms with Gasteiger partial charge in [-0.05, 0) is 19.3 Å². The molecule has 0 saturated carbocycles. The summed E-state index contributed by atoms with van der Waals surface area (Å²) in [7, 11) is 1.85. The summed E-state index contributed by atoms with van der Waals surface area (Å²) in [6.45, 7) is 4.09. The smallest absolute Gasteiger partial charge is 0.257 e. The number of hydrogen-bond donors (Lipinski definition) is 0. The van der Waals surface area contributed by atoms with E-state index in [9.17, 15) is 4.79 Å². The summed E-state index contributed by atoms with van der Waals surface area (Å²) in [5.74, 6) is 0.611. The van der Waals surface area contributed by atoms with Crippen LogP contribution in [0.3, 0.4) is 0 Å². The van der Waals surface area contributed by atoms with Gasteiger partial charge < -0.3 is 9.64 Å². The molecule has 1 aromatic heterocycles. The number of carbonyl (C=O) groups excluding carboxylic acids is 1. The van der Waals surface area contributed by atoms with Crippen LogP contribution in [0.4, 0.5) is 0 Å². The number of aromatic nitrogens is 2. The summed E-state index contributed by atoms with van der Waals surface area (Å²) in [5.41, 5.74) is 1.60. The van der Waals surface area contributed by atoms with Crippen LogP contribution in [0, 0.1) is 0 Å². The minimum absolute atomic E-state index is 0.0887. The first-order valence-electron chi connectivity index (χ1n) is 7.15. The Bertz CT molecular complexity index is 453. The summed E-state index contributed by atoms with van der Waals surface area (Å²) >= 11 is 5.62. The van der Waals surface area contributed by atoms with Gasteiger partial charge in [0.05, 0.1) is 24.0 Å². The van der Waals surface area contributed by atoms with Crippen molar-refractivity contribution >= 4 is 17.5 Å². The first kappa shape index (κ1) is 15.3. The maximum atomic E-state index is 12.5. The van der Waals surface area contributed by atoms with Crippen molar-refractivity contribution in [3.63, 3.8) is 0 Å². The van der Waals surface area contributed by atoms with Crippen molar-refractivity contribution < 1.29 is 9.53 Å². The lowest BCUT2D eigenvalue weighted by molar-refractivity contribution is 0.0154. The fourth-order valence-electron chi connectivity index (χ4n) is 2.58. The number of rotatable bonds is 5. The molecule has 1 amide bonds. The van der Waals surface area contributed by atoms with Crippen LogP contribution in [-0.2, 0) is 18.2 Å². The van der Waals surface area contributed by atoms with Crippen molar-refractivity contribution in [1.82, 2.24) is 14.7 Å². The highest BCUT2D eigenvalue weighted by molar-refractivity contribution is 6.17. The van der Waals surface area contributed by atoms with Crippen molar-refractivity contribution in [2.45, 2.75) is 32.3 Å². The van der Waals surface area contributed by atoms with E-state index in [0.717, 1.165) is 43.6 Å². The Morgan fingerprint density at radius 1 is 1.50 bits per heavy atom. The molecule has 0 N–H and O–H groups in total. The number of ether oxygens (including phenoxy) is 1. The highest BCUT2D eigenvalue weighted by Gasteiger charge is 2.26. The number of alkyl halides is 1. The first-order chi connectivity index (χ1) is 9.65. The number of hydrogen-bond acceptors (Lipinski definition) is 3. The molecule has 1 aliphatic rings. The van der Waals surface area contributed by atoms with E-state index in [1.165, 1.54) is 0 Å². The molecule has 6 heteroatoms. The van der Waals surface area contributed by atoms with Gasteiger partial charge in [0.15, 0.2) is 0 Å². The normalized spacial score (nSPS) is 16.6. The Balaban J connectivity index is 1.94. The number of piperidine rings is 1. The molecule has 0 aliphatic carbocycles. The molecule has 2 heterocycles. The zero-order chi connectivity index (χ0) is 14.5. The minimum atomic E-state index is 0.0887. The molecule has 5 nitrogen and oxygen atoms in total. The van der Waals surface area contributed by atoms with E-state index in [1.807, 2.05) is 25.1 Å². The second kappa shape index (κ2) is 7.09. The van der Waals surface area contributed by atoms with E-state index in [2.05, 4.69) is 5.10 Å². The lowest BCUT2D eigenvalue weighted by atomic mass is 10.1. The summed E-state index contributed by atoms with van der Waals surface area (Å²) in [6, 6.07) is 0. The quantitative estimate of drug-likeness (QED) is 0.780. The van der Waals surface area contributed by atoms with Gasteiger partial charge in [0.1, 0.15) is 0 Å². The molecular formula is C14H22ClN3O2. The van der Waals surface area contributed by atoms with Crippen molar-refractivity contribution in [3.8, 4) is 0 Å². The van der Waals surface area contributed by atoms with Crippen LogP contribution in [0.5, 0.6) is 0 Å². The number of nitrogens with zero attached hydrogens (tertiary/aromatic N) is 3. The number of carbonyl (C=O) groups is 1. The highest BCUT2D eigenvalue weighted by Crippen LogP contribution is 2.18. The van der Waals surface area contributed by atoms with E-state index in [1.54, 1.807) is 4.68 Å². The van der Waals surface area contributed by atoms with Gasteiger partial charge in [-0.2, -0.15) is 5.10 Å². The van der Waals surface area contributed by atoms with E-state index < -0.39 is 0 Å². The van der Waals surface area contributed by atoms with E-state index in [-0.39, 0.29) is 12.0 Å². The van der Waals surface area contributed by atoms with Gasteiger partial charge in [0.25, 0.3) is 5.91 Å². The molecule has 0 aromatic carbocycles. The SMILES string of the molecule is CCc1nn(C)cc1C(=O)N1CCC(OCCCl)CC1. The largest absolute Gasteiger partial charge is 0.377 e. The standard InChI is InChI=1S/C14H22ClN3O2/c1-3-13-12(10-17(2)16-13)14(19)18-7-4-11(5-8-18)20-9-6-15/h10-11H,3-9H2,1-2H3. The van der Waals surface area contributed by atoms with Crippen LogP contribution in [0.15, 0.2) is 6.20 Å². The van der Waals surface area contributed by atoms with Gasteiger partial charge in [0, 0.05) is 32.2 Å². The summed E-state index contributed by atoms with van der Waals surface area (Å²) in [4.78, 5) is 14.4. The summed E-state index contributed by atoms with van der Waals surface area (Å²) in [6.07, 6.45) is 4.58. The molecule has 0 spiro atoms. The van der Waals surface area contributed by atoms with Gasteiger partial charge >= 0.3 is 0 Å². The van der Waals surface area contributed by atoms with Crippen LogP contribution >= 0.6 is 11.6 Å². The van der Waals surface area contributed by atoms with Gasteiger partial charge in [-0.1, -0.05) is 6.92 Å². The number of likely N-dealkylation sites (tertiary alicyclic amines) is 1. The summed E-state index contributed by atoms with van der Waals surface area (Å²) in [5, 5.41) is 4.33. The van der Waals surface area contributed by atoms with Gasteiger partial charge in [-0.25, -0.2) is 0 Å². The van der Waals surface area contributed by atoms with Gasteiger partial charge in [-0.15, -0.1) is 11.6 Å². The molecule has 1 saturated heterocycles. The van der Waals surface area contributed by atoms with Crippen LogP contribution in [0.25, 0.3) is 0 Å². The minimum Gasteiger partial charge on any atom is -0.377 e. The van der Waals surface area contributed by atoms with E-state index >= 15 is 0 Å². The molecule has 2 rings (SSSR count). The topological polar surface area (TPSA) is 47.4 Å². The highest BCUT2D eigenvalue weighted by atomic mass is 35.5. The van der Waals surface area contributed by atoms with Crippen molar-refractivity contribution in [2.75, 3.05) is 25.6 Å². The average Bonchev–Trinajstić information content (AvgIpc) is 2.86. The third kappa shape index (κ3) is 3.52. The van der Waals surface area contributed by atoms with Crippen molar-refractivity contribution in [3.05, 3.63) is 17.5 Å². The summed E-state index contributed by atoms with van der Waals surface area (Å²) < 4.78 is 7.34. The van der Waals surface area contributed by atoms with Gasteiger partial charge in [0.2, 0.25) is 0 Å². The number of aryl methyl sites for hydroxylation is 2. The maximum absolute atomic E-state index is 12.5. The Morgan fingerprint density at radius 2 is 2.20 bits per heavy atom. The van der Waals surface area contributed by atoms with Crippen LogP contribution in [0.2, 0.25) is 0 Å². The monoisotopic (exact) mass is 299 g/mol. The predicted molar refractivity (Wildman–Crippen MR) is 78.2 cm³/mol. The molecule has 0 radical (unpaired) electrons. The Labute approximate surface area is 124 Å². The fraction of sp³-hybridized carbons (Fsp3) is 0.714. The van der Waals surface area contributed by atoms with E-state index in [0.29, 0.717) is 12.5 Å². The molecular weight excluding hydrogens is 278 g/mol. The molecule has 1 fully saturated rings. The third-order valence-corrected chi connectivity index (χ3v) is 3.78. The molecule has 1 aliphatic heterocycles. The van der Waals surface area contributed by atoms with Crippen molar-refractivity contribution in [2.24, 2.45) is 7.05 Å². The van der Waals surface area contributed by atoms with Crippen LogP contribution in [0.1, 0.15) is 35.8 Å². The Kier molecular flexibility index (Phi) is 5.43. The molecule has 0 bridgehead atoms. The van der Waals surface area contributed by atoms with E-state index in [4.69, 9.17) is 16.3 Å². The van der Waals surface area contributed by atoms with Crippen molar-refractivity contribution in [1.29, 1.82) is 0 Å².